The fourth-order valence-corrected chi connectivity index (χ4v) is 2.77. The first-order valence-corrected chi connectivity index (χ1v) is 6.62. The molecule has 1 saturated carbocycles. The van der Waals surface area contributed by atoms with E-state index in [0.717, 1.165) is 18.4 Å². The Balaban J connectivity index is 1.72. The highest BCUT2D eigenvalue weighted by atomic mass is 14.5. The topological polar surface area (TPSA) is 26.0 Å². The molecule has 0 saturated heterocycles. The van der Waals surface area contributed by atoms with Crippen molar-refractivity contribution in [2.45, 2.75) is 38.5 Å². The van der Waals surface area contributed by atoms with Gasteiger partial charge in [-0.3, -0.25) is 0 Å². The maximum atomic E-state index is 5.71. The van der Waals surface area contributed by atoms with E-state index in [1.807, 2.05) is 0 Å². The molecular weight excluding hydrogens is 194 g/mol. The molecule has 1 aromatic rings. The highest BCUT2D eigenvalue weighted by Gasteiger charge is 2.19. The van der Waals surface area contributed by atoms with Gasteiger partial charge >= 0.3 is 0 Å². The number of hydrogen-bond acceptors (Lipinski definition) is 1. The molecule has 0 amide bonds. The van der Waals surface area contributed by atoms with Crippen LogP contribution in [0.2, 0.25) is 0 Å². The molecule has 0 heterocycles. The van der Waals surface area contributed by atoms with Gasteiger partial charge in [0.2, 0.25) is 0 Å². The molecule has 0 aromatic heterocycles. The molecule has 0 spiro atoms. The summed E-state index contributed by atoms with van der Waals surface area (Å²) in [4.78, 5) is 0. The van der Waals surface area contributed by atoms with Gasteiger partial charge in [-0.15, -0.1) is 0 Å². The Labute approximate surface area is 99.0 Å². The zero-order valence-corrected chi connectivity index (χ0v) is 10.1. The van der Waals surface area contributed by atoms with E-state index in [9.17, 15) is 0 Å². The average molecular weight is 217 g/mol. The van der Waals surface area contributed by atoms with Crippen LogP contribution in [0.15, 0.2) is 30.3 Å². The molecule has 0 radical (unpaired) electrons. The van der Waals surface area contributed by atoms with E-state index in [4.69, 9.17) is 5.73 Å². The summed E-state index contributed by atoms with van der Waals surface area (Å²) < 4.78 is 0. The molecule has 16 heavy (non-hydrogen) atoms. The van der Waals surface area contributed by atoms with E-state index in [-0.39, 0.29) is 0 Å². The number of aryl methyl sites for hydroxylation is 1. The highest BCUT2D eigenvalue weighted by Crippen LogP contribution is 2.30. The molecule has 0 atom stereocenters. The van der Waals surface area contributed by atoms with Crippen LogP contribution in [0.4, 0.5) is 0 Å². The minimum absolute atomic E-state index is 0.813. The Morgan fingerprint density at radius 2 is 1.56 bits per heavy atom. The van der Waals surface area contributed by atoms with Crippen LogP contribution in [-0.4, -0.2) is 6.54 Å². The largest absolute Gasteiger partial charge is 0.330 e. The SMILES string of the molecule is NCC1CCC(CCc2ccccc2)CC1. The lowest BCUT2D eigenvalue weighted by atomic mass is 9.79. The van der Waals surface area contributed by atoms with Crippen molar-refractivity contribution in [3.63, 3.8) is 0 Å². The zero-order valence-electron chi connectivity index (χ0n) is 10.1. The summed E-state index contributed by atoms with van der Waals surface area (Å²) in [5.41, 5.74) is 7.20. The van der Waals surface area contributed by atoms with E-state index in [2.05, 4.69) is 30.3 Å². The van der Waals surface area contributed by atoms with Gasteiger partial charge in [-0.05, 0) is 49.6 Å². The van der Waals surface area contributed by atoms with Gasteiger partial charge in [0.15, 0.2) is 0 Å². The molecule has 0 bridgehead atoms. The van der Waals surface area contributed by atoms with Gasteiger partial charge in [0.05, 0.1) is 0 Å². The van der Waals surface area contributed by atoms with Crippen molar-refractivity contribution in [2.24, 2.45) is 17.6 Å². The van der Waals surface area contributed by atoms with E-state index < -0.39 is 0 Å². The third-order valence-corrected chi connectivity index (χ3v) is 3.98. The predicted molar refractivity (Wildman–Crippen MR) is 69.3 cm³/mol. The van der Waals surface area contributed by atoms with Crippen LogP contribution in [0.25, 0.3) is 0 Å². The van der Waals surface area contributed by atoms with Crippen LogP contribution in [0.5, 0.6) is 0 Å². The fourth-order valence-electron chi connectivity index (χ4n) is 2.77. The minimum Gasteiger partial charge on any atom is -0.330 e. The number of rotatable bonds is 4. The van der Waals surface area contributed by atoms with Gasteiger partial charge in [0, 0.05) is 0 Å². The van der Waals surface area contributed by atoms with Crippen LogP contribution >= 0.6 is 0 Å². The maximum Gasteiger partial charge on any atom is -0.00489 e. The van der Waals surface area contributed by atoms with Crippen molar-refractivity contribution in [3.8, 4) is 0 Å². The molecule has 1 nitrogen and oxygen atoms in total. The summed E-state index contributed by atoms with van der Waals surface area (Å²) in [6.07, 6.45) is 8.12. The Bertz CT molecular complexity index is 286. The smallest absolute Gasteiger partial charge is 0.00489 e. The second kappa shape index (κ2) is 6.05. The van der Waals surface area contributed by atoms with Crippen molar-refractivity contribution in [1.29, 1.82) is 0 Å². The molecule has 1 aromatic carbocycles. The lowest BCUT2D eigenvalue weighted by Gasteiger charge is -2.27. The summed E-state index contributed by atoms with van der Waals surface area (Å²) in [5.74, 6) is 1.76. The fraction of sp³-hybridized carbons (Fsp3) is 0.600. The van der Waals surface area contributed by atoms with E-state index in [1.54, 1.807) is 0 Å². The minimum atomic E-state index is 0.813. The Morgan fingerprint density at radius 1 is 0.938 bits per heavy atom. The van der Waals surface area contributed by atoms with Gasteiger partial charge in [-0.25, -0.2) is 0 Å². The standard InChI is InChI=1S/C15H23N/c16-12-15-10-8-14(9-11-15)7-6-13-4-2-1-3-5-13/h1-5,14-15H,6-12,16H2. The predicted octanol–water partition coefficient (Wildman–Crippen LogP) is 3.38. The van der Waals surface area contributed by atoms with Crippen LogP contribution in [0.1, 0.15) is 37.7 Å². The normalized spacial score (nSPS) is 25.6. The number of hydrogen-bond donors (Lipinski definition) is 1. The van der Waals surface area contributed by atoms with Crippen LogP contribution in [0.3, 0.4) is 0 Å². The van der Waals surface area contributed by atoms with Crippen molar-refractivity contribution in [2.75, 3.05) is 6.54 Å². The van der Waals surface area contributed by atoms with Crippen molar-refractivity contribution >= 4 is 0 Å². The quantitative estimate of drug-likeness (QED) is 0.822. The molecule has 1 aliphatic carbocycles. The molecule has 0 aliphatic heterocycles. The molecule has 88 valence electrons. The van der Waals surface area contributed by atoms with Gasteiger partial charge < -0.3 is 5.73 Å². The molecular formula is C15H23N. The molecule has 1 heteroatoms. The second-order valence-electron chi connectivity index (χ2n) is 5.15. The van der Waals surface area contributed by atoms with E-state index in [1.165, 1.54) is 44.1 Å². The second-order valence-corrected chi connectivity index (χ2v) is 5.15. The zero-order chi connectivity index (χ0) is 11.2. The lowest BCUT2D eigenvalue weighted by Crippen LogP contribution is -2.21. The molecule has 0 unspecified atom stereocenters. The van der Waals surface area contributed by atoms with Crippen LogP contribution in [-0.2, 0) is 6.42 Å². The first-order valence-electron chi connectivity index (χ1n) is 6.62. The van der Waals surface area contributed by atoms with Crippen molar-refractivity contribution in [1.82, 2.24) is 0 Å². The summed E-state index contributed by atoms with van der Waals surface area (Å²) in [5, 5.41) is 0. The average Bonchev–Trinajstić information content (AvgIpc) is 2.38. The van der Waals surface area contributed by atoms with E-state index >= 15 is 0 Å². The Morgan fingerprint density at radius 3 is 2.19 bits per heavy atom. The molecule has 2 rings (SSSR count). The monoisotopic (exact) mass is 217 g/mol. The molecule has 1 aliphatic rings. The van der Waals surface area contributed by atoms with Gasteiger partial charge in [0.25, 0.3) is 0 Å². The van der Waals surface area contributed by atoms with Gasteiger partial charge in [-0.1, -0.05) is 43.2 Å². The third kappa shape index (κ3) is 3.34. The first-order chi connectivity index (χ1) is 7.88. The van der Waals surface area contributed by atoms with Gasteiger partial charge in [0.1, 0.15) is 0 Å². The summed E-state index contributed by atoms with van der Waals surface area (Å²) in [6.45, 7) is 0.894. The highest BCUT2D eigenvalue weighted by molar-refractivity contribution is 5.14. The Hall–Kier alpha value is -0.820. The number of benzene rings is 1. The lowest BCUT2D eigenvalue weighted by molar-refractivity contribution is 0.268. The number of nitrogens with two attached hydrogens (primary N) is 1. The van der Waals surface area contributed by atoms with Crippen LogP contribution < -0.4 is 5.73 Å². The first kappa shape index (κ1) is 11.7. The summed E-state index contributed by atoms with van der Waals surface area (Å²) >= 11 is 0. The third-order valence-electron chi connectivity index (χ3n) is 3.98. The maximum absolute atomic E-state index is 5.71. The van der Waals surface area contributed by atoms with Crippen LogP contribution in [0, 0.1) is 11.8 Å². The van der Waals surface area contributed by atoms with Gasteiger partial charge in [-0.2, -0.15) is 0 Å². The van der Waals surface area contributed by atoms with Crippen molar-refractivity contribution in [3.05, 3.63) is 35.9 Å². The van der Waals surface area contributed by atoms with Crippen molar-refractivity contribution < 1.29 is 0 Å². The molecule has 2 N–H and O–H groups in total. The Kier molecular flexibility index (Phi) is 4.41. The summed E-state index contributed by atoms with van der Waals surface area (Å²) in [7, 11) is 0. The summed E-state index contributed by atoms with van der Waals surface area (Å²) in [6, 6.07) is 10.9. The molecule has 1 fully saturated rings. The van der Waals surface area contributed by atoms with E-state index in [0.29, 0.717) is 0 Å².